The molecule has 19 heavy (non-hydrogen) atoms. The molecule has 2 heterocycles. The van der Waals surface area contributed by atoms with Crippen LogP contribution in [-0.4, -0.2) is 33.2 Å². The summed E-state index contributed by atoms with van der Waals surface area (Å²) in [5.41, 5.74) is 0.335. The number of rotatable bonds is 5. The Labute approximate surface area is 115 Å². The van der Waals surface area contributed by atoms with Crippen LogP contribution in [0.5, 0.6) is 0 Å². The van der Waals surface area contributed by atoms with E-state index in [1.54, 1.807) is 0 Å². The predicted molar refractivity (Wildman–Crippen MR) is 75.1 cm³/mol. The van der Waals surface area contributed by atoms with Gasteiger partial charge in [-0.3, -0.25) is 4.68 Å². The Hall–Kier alpha value is -0.870. The summed E-state index contributed by atoms with van der Waals surface area (Å²) in [6, 6.07) is 2.38. The highest BCUT2D eigenvalue weighted by Gasteiger charge is 2.35. The summed E-state index contributed by atoms with van der Waals surface area (Å²) in [7, 11) is 0. The molecule has 4 heteroatoms. The molecule has 1 aromatic rings. The summed E-state index contributed by atoms with van der Waals surface area (Å²) in [5, 5.41) is 15.3. The first-order valence-electron chi connectivity index (χ1n) is 7.40. The molecule has 2 atom stereocenters. The highest BCUT2D eigenvalue weighted by atomic mass is 16.5. The molecule has 1 aromatic heterocycles. The lowest BCUT2D eigenvalue weighted by Crippen LogP contribution is -2.42. The zero-order valence-electron chi connectivity index (χ0n) is 12.3. The molecule has 0 saturated carbocycles. The molecule has 2 unspecified atom stereocenters. The van der Waals surface area contributed by atoms with Crippen molar-refractivity contribution in [3.63, 3.8) is 0 Å². The van der Waals surface area contributed by atoms with Gasteiger partial charge in [-0.2, -0.15) is 5.10 Å². The maximum absolute atomic E-state index is 10.7. The summed E-state index contributed by atoms with van der Waals surface area (Å²) in [4.78, 5) is 0. The van der Waals surface area contributed by atoms with Crippen LogP contribution >= 0.6 is 0 Å². The zero-order chi connectivity index (χ0) is 13.9. The van der Waals surface area contributed by atoms with E-state index in [1.165, 1.54) is 0 Å². The van der Waals surface area contributed by atoms with Gasteiger partial charge in [-0.05, 0) is 32.8 Å². The van der Waals surface area contributed by atoms with Gasteiger partial charge in [0.25, 0.3) is 0 Å². The van der Waals surface area contributed by atoms with E-state index < -0.39 is 5.60 Å². The Balaban J connectivity index is 1.99. The first-order chi connectivity index (χ1) is 9.02. The SMILES string of the molecule is CCCC1CC(O)(Cc2ccn(C(C)C)n2)CCO1. The van der Waals surface area contributed by atoms with Gasteiger partial charge >= 0.3 is 0 Å². The number of ether oxygens (including phenoxy) is 1. The lowest BCUT2D eigenvalue weighted by atomic mass is 9.85. The minimum atomic E-state index is -0.645. The van der Waals surface area contributed by atoms with Crippen molar-refractivity contribution in [1.82, 2.24) is 9.78 Å². The van der Waals surface area contributed by atoms with Crippen LogP contribution in [0.25, 0.3) is 0 Å². The quantitative estimate of drug-likeness (QED) is 0.891. The summed E-state index contributed by atoms with van der Waals surface area (Å²) in [5.74, 6) is 0. The molecule has 0 bridgehead atoms. The fraction of sp³-hybridized carbons (Fsp3) is 0.800. The third-order valence-corrected chi connectivity index (χ3v) is 3.84. The van der Waals surface area contributed by atoms with Gasteiger partial charge in [0.1, 0.15) is 0 Å². The van der Waals surface area contributed by atoms with Gasteiger partial charge in [0.05, 0.1) is 17.4 Å². The number of aliphatic hydroxyl groups is 1. The predicted octanol–water partition coefficient (Wildman–Crippen LogP) is 2.72. The highest BCUT2D eigenvalue weighted by molar-refractivity contribution is 5.05. The first kappa shape index (κ1) is 14.5. The van der Waals surface area contributed by atoms with Crippen LogP contribution in [-0.2, 0) is 11.2 Å². The Morgan fingerprint density at radius 1 is 1.58 bits per heavy atom. The Bertz CT molecular complexity index is 401. The lowest BCUT2D eigenvalue weighted by molar-refractivity contribution is -0.105. The second kappa shape index (κ2) is 6.06. The van der Waals surface area contributed by atoms with Crippen molar-refractivity contribution >= 4 is 0 Å². The maximum atomic E-state index is 10.7. The average molecular weight is 266 g/mol. The molecule has 0 aliphatic carbocycles. The Morgan fingerprint density at radius 2 is 2.37 bits per heavy atom. The van der Waals surface area contributed by atoms with E-state index in [9.17, 15) is 5.11 Å². The van der Waals surface area contributed by atoms with Gasteiger partial charge < -0.3 is 9.84 Å². The van der Waals surface area contributed by atoms with Crippen molar-refractivity contribution in [1.29, 1.82) is 0 Å². The molecule has 4 nitrogen and oxygen atoms in total. The van der Waals surface area contributed by atoms with Crippen molar-refractivity contribution in [2.75, 3.05) is 6.61 Å². The Morgan fingerprint density at radius 3 is 3.00 bits per heavy atom. The van der Waals surface area contributed by atoms with E-state index in [0.717, 1.165) is 25.0 Å². The minimum Gasteiger partial charge on any atom is -0.389 e. The van der Waals surface area contributed by atoms with Crippen LogP contribution in [0.15, 0.2) is 12.3 Å². The molecular weight excluding hydrogens is 240 g/mol. The molecule has 0 amide bonds. The summed E-state index contributed by atoms with van der Waals surface area (Å²) in [6.45, 7) is 7.03. The van der Waals surface area contributed by atoms with E-state index in [1.807, 2.05) is 16.9 Å². The van der Waals surface area contributed by atoms with Gasteiger partial charge in [0, 0.05) is 31.7 Å². The molecule has 2 rings (SSSR count). The van der Waals surface area contributed by atoms with E-state index >= 15 is 0 Å². The fourth-order valence-corrected chi connectivity index (χ4v) is 2.76. The van der Waals surface area contributed by atoms with Gasteiger partial charge in [-0.25, -0.2) is 0 Å². The monoisotopic (exact) mass is 266 g/mol. The van der Waals surface area contributed by atoms with Gasteiger partial charge in [-0.1, -0.05) is 13.3 Å². The fourth-order valence-electron chi connectivity index (χ4n) is 2.76. The van der Waals surface area contributed by atoms with E-state index in [0.29, 0.717) is 25.5 Å². The second-order valence-corrected chi connectivity index (χ2v) is 6.02. The lowest BCUT2D eigenvalue weighted by Gasteiger charge is -2.36. The van der Waals surface area contributed by atoms with E-state index in [4.69, 9.17) is 4.74 Å². The molecule has 1 saturated heterocycles. The van der Waals surface area contributed by atoms with Gasteiger partial charge in [0.2, 0.25) is 0 Å². The van der Waals surface area contributed by atoms with Crippen molar-refractivity contribution in [2.45, 2.75) is 70.6 Å². The standard InChI is InChI=1S/C15H26N2O2/c1-4-5-14-11-15(18,7-9-19-14)10-13-6-8-17(16-13)12(2)3/h6,8,12,14,18H,4-5,7,9-11H2,1-3H3. The van der Waals surface area contributed by atoms with Gasteiger partial charge in [0.15, 0.2) is 0 Å². The van der Waals surface area contributed by atoms with Crippen LogP contribution in [0, 0.1) is 0 Å². The van der Waals surface area contributed by atoms with Gasteiger partial charge in [-0.15, -0.1) is 0 Å². The third kappa shape index (κ3) is 3.80. The molecule has 0 radical (unpaired) electrons. The van der Waals surface area contributed by atoms with Crippen LogP contribution in [0.2, 0.25) is 0 Å². The molecule has 0 aromatic carbocycles. The highest BCUT2D eigenvalue weighted by Crippen LogP contribution is 2.30. The molecule has 1 fully saturated rings. The first-order valence-corrected chi connectivity index (χ1v) is 7.40. The van der Waals surface area contributed by atoms with Crippen molar-refractivity contribution in [3.8, 4) is 0 Å². The minimum absolute atomic E-state index is 0.205. The summed E-state index contributed by atoms with van der Waals surface area (Å²) in [6.07, 6.45) is 6.40. The number of nitrogens with zero attached hydrogens (tertiary/aromatic N) is 2. The molecule has 0 spiro atoms. The van der Waals surface area contributed by atoms with Crippen LogP contribution in [0.4, 0.5) is 0 Å². The van der Waals surface area contributed by atoms with Crippen molar-refractivity contribution < 1.29 is 9.84 Å². The van der Waals surface area contributed by atoms with E-state index in [-0.39, 0.29) is 6.10 Å². The van der Waals surface area contributed by atoms with E-state index in [2.05, 4.69) is 25.9 Å². The number of hydrogen-bond acceptors (Lipinski definition) is 3. The molecule has 1 aliphatic heterocycles. The zero-order valence-corrected chi connectivity index (χ0v) is 12.3. The molecule has 108 valence electrons. The van der Waals surface area contributed by atoms with Crippen molar-refractivity contribution in [3.05, 3.63) is 18.0 Å². The maximum Gasteiger partial charge on any atom is 0.0750 e. The van der Waals surface area contributed by atoms with Crippen LogP contribution < -0.4 is 0 Å². The second-order valence-electron chi connectivity index (χ2n) is 6.02. The summed E-state index contributed by atoms with van der Waals surface area (Å²) < 4.78 is 7.66. The van der Waals surface area contributed by atoms with Crippen LogP contribution in [0.3, 0.4) is 0 Å². The molecular formula is C15H26N2O2. The molecule has 1 aliphatic rings. The van der Waals surface area contributed by atoms with Crippen LogP contribution in [0.1, 0.15) is 58.2 Å². The topological polar surface area (TPSA) is 47.3 Å². The number of aromatic nitrogens is 2. The Kier molecular flexibility index (Phi) is 4.63. The smallest absolute Gasteiger partial charge is 0.0750 e. The average Bonchev–Trinajstić information content (AvgIpc) is 2.77. The normalized spacial score (nSPS) is 27.9. The molecule has 1 N–H and O–H groups in total. The largest absolute Gasteiger partial charge is 0.389 e. The summed E-state index contributed by atoms with van der Waals surface area (Å²) >= 11 is 0. The third-order valence-electron chi connectivity index (χ3n) is 3.84. The number of hydrogen-bond donors (Lipinski definition) is 1. The van der Waals surface area contributed by atoms with Crippen molar-refractivity contribution in [2.24, 2.45) is 0 Å².